The molecule has 2 saturated carbocycles. The number of aromatic nitrogens is 1. The van der Waals surface area contributed by atoms with Crippen LogP contribution >= 0.6 is 0 Å². The maximum absolute atomic E-state index is 12.1. The number of esters is 1. The summed E-state index contributed by atoms with van der Waals surface area (Å²) in [7, 11) is 3.08. The Hall–Kier alpha value is -1.62. The van der Waals surface area contributed by atoms with Gasteiger partial charge in [-0.1, -0.05) is 0 Å². The molecule has 2 aliphatic carbocycles. The molecule has 5 nitrogen and oxygen atoms in total. The van der Waals surface area contributed by atoms with Crippen molar-refractivity contribution in [3.8, 4) is 0 Å². The first-order valence-corrected chi connectivity index (χ1v) is 7.41. The van der Waals surface area contributed by atoms with Crippen molar-refractivity contribution >= 4 is 11.7 Å². The van der Waals surface area contributed by atoms with Crippen molar-refractivity contribution in [3.63, 3.8) is 0 Å². The number of rotatable bonds is 4. The molecule has 1 heterocycles. The first kappa shape index (κ1) is 14.3. The molecule has 0 spiro atoms. The van der Waals surface area contributed by atoms with Crippen LogP contribution in [0.1, 0.15) is 43.5 Å². The fourth-order valence-electron chi connectivity index (χ4n) is 4.12. The largest absolute Gasteiger partial charge is 0.469 e. The third-order valence-corrected chi connectivity index (χ3v) is 5.30. The van der Waals surface area contributed by atoms with Gasteiger partial charge in [-0.25, -0.2) is 0 Å². The second-order valence-corrected chi connectivity index (χ2v) is 6.36. The van der Waals surface area contributed by atoms with Crippen LogP contribution in [-0.2, 0) is 19.8 Å². The summed E-state index contributed by atoms with van der Waals surface area (Å²) >= 11 is 0. The second-order valence-electron chi connectivity index (χ2n) is 6.36. The lowest BCUT2D eigenvalue weighted by atomic mass is 9.80. The lowest BCUT2D eigenvalue weighted by Gasteiger charge is -2.27. The Morgan fingerprint density at radius 1 is 1.24 bits per heavy atom. The van der Waals surface area contributed by atoms with Crippen LogP contribution in [0.2, 0.25) is 0 Å². The van der Waals surface area contributed by atoms with Crippen LogP contribution in [0.25, 0.3) is 0 Å². The van der Waals surface area contributed by atoms with Gasteiger partial charge in [0, 0.05) is 11.1 Å². The van der Waals surface area contributed by atoms with E-state index < -0.39 is 0 Å². The average molecular weight is 290 g/mol. The van der Waals surface area contributed by atoms with Gasteiger partial charge in [-0.05, 0) is 51.2 Å². The molecular weight excluding hydrogens is 268 g/mol. The van der Waals surface area contributed by atoms with Crippen molar-refractivity contribution in [1.82, 2.24) is 4.98 Å². The third kappa shape index (κ3) is 2.11. The number of anilines is 1. The Kier molecular flexibility index (Phi) is 3.40. The Bertz CT molecular complexity index is 563. The molecule has 0 atom stereocenters. The summed E-state index contributed by atoms with van der Waals surface area (Å²) in [6.07, 6.45) is 4.74. The van der Waals surface area contributed by atoms with Crippen molar-refractivity contribution in [2.24, 2.45) is 5.41 Å². The highest BCUT2D eigenvalue weighted by atomic mass is 16.6. The topological polar surface area (TPSA) is 60.5 Å². The molecule has 1 aromatic heterocycles. The van der Waals surface area contributed by atoms with Gasteiger partial charge in [0.15, 0.2) is 0 Å². The van der Waals surface area contributed by atoms with Gasteiger partial charge < -0.3 is 4.74 Å². The number of ether oxygens (including phenoxy) is 1. The van der Waals surface area contributed by atoms with E-state index in [0.29, 0.717) is 0 Å². The van der Waals surface area contributed by atoms with Gasteiger partial charge in [0.25, 0.3) is 0 Å². The van der Waals surface area contributed by atoms with E-state index >= 15 is 0 Å². The third-order valence-electron chi connectivity index (χ3n) is 5.30. The van der Waals surface area contributed by atoms with E-state index in [-0.39, 0.29) is 16.8 Å². The van der Waals surface area contributed by atoms with E-state index in [1.807, 2.05) is 13.0 Å². The first-order chi connectivity index (χ1) is 10.1. The number of carbonyl (C=O) groups is 1. The minimum atomic E-state index is -0.270. The molecule has 0 saturated heterocycles. The number of aryl methyl sites for hydroxylation is 1. The van der Waals surface area contributed by atoms with Crippen molar-refractivity contribution in [2.75, 3.05) is 19.7 Å². The molecule has 3 rings (SSSR count). The summed E-state index contributed by atoms with van der Waals surface area (Å²) in [6.45, 7) is 1.97. The highest BCUT2D eigenvalue weighted by molar-refractivity contribution is 5.78. The van der Waals surface area contributed by atoms with Crippen LogP contribution in [0, 0.1) is 12.3 Å². The summed E-state index contributed by atoms with van der Waals surface area (Å²) in [4.78, 5) is 21.8. The Morgan fingerprint density at radius 2 is 1.95 bits per heavy atom. The van der Waals surface area contributed by atoms with Crippen LogP contribution in [0.15, 0.2) is 12.1 Å². The maximum Gasteiger partial charge on any atom is 0.311 e. The molecule has 1 N–H and O–H groups in total. The molecule has 0 aliphatic heterocycles. The molecule has 0 aromatic carbocycles. The van der Waals surface area contributed by atoms with E-state index in [2.05, 4.69) is 11.5 Å². The summed E-state index contributed by atoms with van der Waals surface area (Å²) in [5.41, 5.74) is 5.52. The van der Waals surface area contributed by atoms with Crippen molar-refractivity contribution in [1.29, 1.82) is 0 Å². The van der Waals surface area contributed by atoms with Gasteiger partial charge in [-0.15, -0.1) is 0 Å². The molecule has 2 bridgehead atoms. The number of fused-ring (bicyclic) bond motifs is 2. The van der Waals surface area contributed by atoms with Gasteiger partial charge in [0.05, 0.1) is 31.0 Å². The normalized spacial score (nSPS) is 30.4. The lowest BCUT2D eigenvalue weighted by molar-refractivity contribution is -0.152. The zero-order valence-corrected chi connectivity index (χ0v) is 12.9. The molecule has 0 radical (unpaired) electrons. The zero-order valence-electron chi connectivity index (χ0n) is 12.9. The number of hydrogen-bond acceptors (Lipinski definition) is 5. The number of nitrogens with zero attached hydrogens (tertiary/aromatic N) is 1. The SMILES string of the molecule is CONc1ccc(C23CCC(C(=O)OC)(CC2)C3)nc1C. The number of methoxy groups -OCH3 is 1. The summed E-state index contributed by atoms with van der Waals surface area (Å²) in [5.74, 6) is -0.0451. The summed E-state index contributed by atoms with van der Waals surface area (Å²) in [6, 6.07) is 4.07. The number of hydrogen-bond donors (Lipinski definition) is 1. The van der Waals surface area contributed by atoms with E-state index in [4.69, 9.17) is 14.6 Å². The van der Waals surface area contributed by atoms with Gasteiger partial charge in [0.2, 0.25) is 0 Å². The van der Waals surface area contributed by atoms with Crippen molar-refractivity contribution in [2.45, 2.75) is 44.4 Å². The van der Waals surface area contributed by atoms with Gasteiger partial charge in [-0.3, -0.25) is 20.1 Å². The van der Waals surface area contributed by atoms with Gasteiger partial charge in [-0.2, -0.15) is 0 Å². The number of carbonyl (C=O) groups excluding carboxylic acids is 1. The van der Waals surface area contributed by atoms with Crippen LogP contribution in [0.5, 0.6) is 0 Å². The Balaban J connectivity index is 1.89. The van der Waals surface area contributed by atoms with Crippen LogP contribution < -0.4 is 5.48 Å². The molecule has 0 unspecified atom stereocenters. The molecule has 5 heteroatoms. The highest BCUT2D eigenvalue weighted by Crippen LogP contribution is 2.62. The van der Waals surface area contributed by atoms with E-state index in [9.17, 15) is 4.79 Å². The Labute approximate surface area is 125 Å². The van der Waals surface area contributed by atoms with E-state index in [1.165, 1.54) is 7.11 Å². The number of nitrogens with one attached hydrogen (secondary N) is 1. The fourth-order valence-corrected chi connectivity index (χ4v) is 4.12. The predicted molar refractivity (Wildman–Crippen MR) is 78.8 cm³/mol. The monoisotopic (exact) mass is 290 g/mol. The molecule has 0 amide bonds. The summed E-state index contributed by atoms with van der Waals surface area (Å²) in [5, 5.41) is 0. The molecule has 2 fully saturated rings. The van der Waals surface area contributed by atoms with Crippen molar-refractivity contribution < 1.29 is 14.4 Å². The minimum Gasteiger partial charge on any atom is -0.469 e. The Morgan fingerprint density at radius 3 is 2.52 bits per heavy atom. The number of pyridine rings is 1. The highest BCUT2D eigenvalue weighted by Gasteiger charge is 2.59. The molecule has 1 aromatic rings. The smallest absolute Gasteiger partial charge is 0.311 e. The average Bonchev–Trinajstić information content (AvgIpc) is 3.07. The quantitative estimate of drug-likeness (QED) is 0.682. The van der Waals surface area contributed by atoms with E-state index in [1.54, 1.807) is 7.11 Å². The first-order valence-electron chi connectivity index (χ1n) is 7.41. The lowest BCUT2D eigenvalue weighted by Crippen LogP contribution is -2.27. The maximum atomic E-state index is 12.1. The van der Waals surface area contributed by atoms with Crippen LogP contribution in [0.4, 0.5) is 5.69 Å². The van der Waals surface area contributed by atoms with Crippen LogP contribution in [0.3, 0.4) is 0 Å². The summed E-state index contributed by atoms with van der Waals surface area (Å²) < 4.78 is 5.02. The predicted octanol–water partition coefficient (Wildman–Crippen LogP) is 2.74. The van der Waals surface area contributed by atoms with Crippen LogP contribution in [-0.4, -0.2) is 25.2 Å². The minimum absolute atomic E-state index is 0.0451. The second kappa shape index (κ2) is 4.98. The molecular formula is C16H22N2O3. The van der Waals surface area contributed by atoms with Gasteiger partial charge >= 0.3 is 5.97 Å². The molecule has 21 heavy (non-hydrogen) atoms. The fraction of sp³-hybridized carbons (Fsp3) is 0.625. The zero-order chi connectivity index (χ0) is 15.1. The standard InChI is InChI=1S/C16H22N2O3/c1-11-12(18-21-3)4-5-13(17-11)15-6-8-16(10-15,9-7-15)14(19)20-2/h4-5,18H,6-10H2,1-3H3. The van der Waals surface area contributed by atoms with Crippen molar-refractivity contribution in [3.05, 3.63) is 23.5 Å². The van der Waals surface area contributed by atoms with Gasteiger partial charge in [0.1, 0.15) is 0 Å². The molecule has 114 valence electrons. The molecule has 2 aliphatic rings. The van der Waals surface area contributed by atoms with E-state index in [0.717, 1.165) is 49.2 Å².